The van der Waals surface area contributed by atoms with E-state index in [9.17, 15) is 0 Å². The highest BCUT2D eigenvalue weighted by atomic mass is 32.1. The minimum atomic E-state index is 1.08. The largest absolute Gasteiger partial charge is 0.356 e. The third-order valence-corrected chi connectivity index (χ3v) is 6.20. The number of nitrogens with zero attached hydrogens (tertiary/aromatic N) is 3. The Labute approximate surface area is 163 Å². The molecule has 4 heteroatoms. The summed E-state index contributed by atoms with van der Waals surface area (Å²) in [4.78, 5) is 12.7. The summed E-state index contributed by atoms with van der Waals surface area (Å²) in [7, 11) is 0. The number of thiophene rings is 1. The van der Waals surface area contributed by atoms with Crippen molar-refractivity contribution >= 4 is 27.4 Å². The zero-order chi connectivity index (χ0) is 18.1. The molecule has 1 fully saturated rings. The molecule has 27 heavy (non-hydrogen) atoms. The molecule has 0 amide bonds. The van der Waals surface area contributed by atoms with E-state index in [1.807, 2.05) is 0 Å². The van der Waals surface area contributed by atoms with E-state index in [1.54, 1.807) is 17.7 Å². The first-order chi connectivity index (χ1) is 13.4. The van der Waals surface area contributed by atoms with Gasteiger partial charge in [-0.05, 0) is 36.0 Å². The van der Waals surface area contributed by atoms with E-state index in [0.717, 1.165) is 23.7 Å². The highest BCUT2D eigenvalue weighted by molar-refractivity contribution is 7.17. The zero-order valence-corrected chi connectivity index (χ0v) is 16.0. The molecule has 0 N–H and O–H groups in total. The minimum absolute atomic E-state index is 1.08. The molecule has 5 rings (SSSR count). The molecule has 1 saturated heterocycles. The molecule has 1 aliphatic heterocycles. The average molecular weight is 372 g/mol. The fraction of sp³-hybridized carbons (Fsp3) is 0.217. The Morgan fingerprint density at radius 2 is 1.44 bits per heavy atom. The summed E-state index contributed by atoms with van der Waals surface area (Å²) in [6.45, 7) is 2.18. The van der Waals surface area contributed by atoms with Crippen molar-refractivity contribution in [3.8, 4) is 22.3 Å². The zero-order valence-electron chi connectivity index (χ0n) is 15.1. The van der Waals surface area contributed by atoms with Gasteiger partial charge in [0.25, 0.3) is 0 Å². The summed E-state index contributed by atoms with van der Waals surface area (Å²) < 4.78 is 0. The lowest BCUT2D eigenvalue weighted by atomic mass is 10.0. The summed E-state index contributed by atoms with van der Waals surface area (Å²) in [6.07, 6.45) is 5.53. The van der Waals surface area contributed by atoms with Crippen molar-refractivity contribution < 1.29 is 0 Å². The number of hydrogen-bond acceptors (Lipinski definition) is 4. The number of hydrogen-bond donors (Lipinski definition) is 0. The summed E-state index contributed by atoms with van der Waals surface area (Å²) >= 11 is 1.71. The fourth-order valence-electron chi connectivity index (χ4n) is 3.89. The van der Waals surface area contributed by atoms with E-state index in [2.05, 4.69) is 74.8 Å². The van der Waals surface area contributed by atoms with Gasteiger partial charge in [0.15, 0.2) is 0 Å². The predicted octanol–water partition coefficient (Wildman–Crippen LogP) is 6.02. The van der Waals surface area contributed by atoms with Crippen molar-refractivity contribution in [2.45, 2.75) is 19.3 Å². The molecule has 3 heterocycles. The fourth-order valence-corrected chi connectivity index (χ4v) is 4.80. The highest BCUT2D eigenvalue weighted by Crippen LogP contribution is 2.39. The molecule has 0 spiro atoms. The molecule has 0 atom stereocenters. The third kappa shape index (κ3) is 3.10. The monoisotopic (exact) mass is 371 g/mol. The van der Waals surface area contributed by atoms with Gasteiger partial charge in [0, 0.05) is 24.0 Å². The van der Waals surface area contributed by atoms with Crippen LogP contribution in [0.25, 0.3) is 32.5 Å². The molecule has 4 aromatic rings. The molecule has 134 valence electrons. The molecule has 2 aromatic heterocycles. The van der Waals surface area contributed by atoms with Crippen molar-refractivity contribution in [3.05, 3.63) is 66.3 Å². The summed E-state index contributed by atoms with van der Waals surface area (Å²) in [5, 5.41) is 3.43. The quantitative estimate of drug-likeness (QED) is 0.441. The minimum Gasteiger partial charge on any atom is -0.356 e. The van der Waals surface area contributed by atoms with Gasteiger partial charge in [-0.15, -0.1) is 11.3 Å². The number of benzene rings is 2. The Balaban J connectivity index is 1.57. The van der Waals surface area contributed by atoms with Crippen LogP contribution in [0.2, 0.25) is 0 Å². The van der Waals surface area contributed by atoms with E-state index in [0.29, 0.717) is 0 Å². The van der Waals surface area contributed by atoms with Gasteiger partial charge in [0.2, 0.25) is 0 Å². The first-order valence-electron chi connectivity index (χ1n) is 9.53. The second kappa shape index (κ2) is 7.12. The van der Waals surface area contributed by atoms with Gasteiger partial charge in [-0.2, -0.15) is 0 Å². The first kappa shape index (κ1) is 16.5. The Hall–Kier alpha value is -2.72. The van der Waals surface area contributed by atoms with E-state index in [4.69, 9.17) is 0 Å². The van der Waals surface area contributed by atoms with Crippen LogP contribution >= 0.6 is 11.3 Å². The van der Waals surface area contributed by atoms with E-state index in [-0.39, 0.29) is 0 Å². The van der Waals surface area contributed by atoms with Crippen molar-refractivity contribution in [2.24, 2.45) is 0 Å². The van der Waals surface area contributed by atoms with Crippen LogP contribution in [-0.4, -0.2) is 23.1 Å². The van der Waals surface area contributed by atoms with Gasteiger partial charge in [0.1, 0.15) is 17.0 Å². The van der Waals surface area contributed by atoms with Crippen molar-refractivity contribution in [3.63, 3.8) is 0 Å². The van der Waals surface area contributed by atoms with Crippen LogP contribution in [0.15, 0.2) is 66.3 Å². The molecule has 1 aliphatic rings. The Morgan fingerprint density at radius 1 is 0.741 bits per heavy atom. The number of piperidine rings is 1. The van der Waals surface area contributed by atoms with Crippen LogP contribution < -0.4 is 4.90 Å². The highest BCUT2D eigenvalue weighted by Gasteiger charge is 2.19. The van der Waals surface area contributed by atoms with Crippen LogP contribution in [-0.2, 0) is 0 Å². The van der Waals surface area contributed by atoms with Gasteiger partial charge in [-0.3, -0.25) is 0 Å². The van der Waals surface area contributed by atoms with Crippen LogP contribution in [0, 0.1) is 0 Å². The maximum atomic E-state index is 4.68. The average Bonchev–Trinajstić information content (AvgIpc) is 3.19. The molecule has 2 aromatic carbocycles. The number of anilines is 1. The summed E-state index contributed by atoms with van der Waals surface area (Å²) in [5.74, 6) is 1.10. The molecule has 0 aliphatic carbocycles. The van der Waals surface area contributed by atoms with Crippen molar-refractivity contribution in [2.75, 3.05) is 18.0 Å². The van der Waals surface area contributed by atoms with Crippen LogP contribution in [0.5, 0.6) is 0 Å². The second-order valence-corrected chi connectivity index (χ2v) is 7.88. The number of fused-ring (bicyclic) bond motifs is 1. The standard InChI is InChI=1S/C23H21N3S/c1-3-7-17(8-4-1)18-9-11-19(12-10-18)20-15-27-23-21(20)22(24-16-25-23)26-13-5-2-6-14-26/h1,3-4,7-12,15-16H,2,5-6,13-14H2. The molecule has 0 radical (unpaired) electrons. The van der Waals surface area contributed by atoms with Crippen molar-refractivity contribution in [1.82, 2.24) is 9.97 Å². The van der Waals surface area contributed by atoms with Crippen LogP contribution in [0.4, 0.5) is 5.82 Å². The maximum absolute atomic E-state index is 4.68. The third-order valence-electron chi connectivity index (χ3n) is 5.31. The summed E-state index contributed by atoms with van der Waals surface area (Å²) in [5.41, 5.74) is 4.97. The number of rotatable bonds is 3. The normalized spacial score (nSPS) is 14.6. The lowest BCUT2D eigenvalue weighted by Gasteiger charge is -2.28. The maximum Gasteiger partial charge on any atom is 0.141 e. The Kier molecular flexibility index (Phi) is 4.34. The van der Waals surface area contributed by atoms with E-state index in [1.165, 1.54) is 46.9 Å². The summed E-state index contributed by atoms with van der Waals surface area (Å²) in [6, 6.07) is 19.4. The predicted molar refractivity (Wildman–Crippen MR) is 114 cm³/mol. The van der Waals surface area contributed by atoms with Crippen molar-refractivity contribution in [1.29, 1.82) is 0 Å². The smallest absolute Gasteiger partial charge is 0.141 e. The molecule has 3 nitrogen and oxygen atoms in total. The second-order valence-electron chi connectivity index (χ2n) is 7.02. The molecule has 0 bridgehead atoms. The van der Waals surface area contributed by atoms with Gasteiger partial charge in [0.05, 0.1) is 5.39 Å². The van der Waals surface area contributed by atoms with Gasteiger partial charge in [-0.1, -0.05) is 54.6 Å². The Morgan fingerprint density at radius 3 is 2.22 bits per heavy atom. The molecule has 0 saturated carbocycles. The van der Waals surface area contributed by atoms with Gasteiger partial charge in [-0.25, -0.2) is 9.97 Å². The SMILES string of the molecule is c1ccc(-c2ccc(-c3csc4ncnc(N5CCCCC5)c34)cc2)cc1. The van der Waals surface area contributed by atoms with Gasteiger partial charge >= 0.3 is 0 Å². The Bertz CT molecular complexity index is 1050. The number of aromatic nitrogens is 2. The first-order valence-corrected chi connectivity index (χ1v) is 10.4. The molecular weight excluding hydrogens is 350 g/mol. The van der Waals surface area contributed by atoms with Crippen LogP contribution in [0.1, 0.15) is 19.3 Å². The lowest BCUT2D eigenvalue weighted by molar-refractivity contribution is 0.574. The van der Waals surface area contributed by atoms with E-state index < -0.39 is 0 Å². The topological polar surface area (TPSA) is 29.0 Å². The molecular formula is C23H21N3S. The molecule has 0 unspecified atom stereocenters. The van der Waals surface area contributed by atoms with E-state index >= 15 is 0 Å². The lowest BCUT2D eigenvalue weighted by Crippen LogP contribution is -2.30. The van der Waals surface area contributed by atoms with Gasteiger partial charge < -0.3 is 4.90 Å². The van der Waals surface area contributed by atoms with Crippen LogP contribution in [0.3, 0.4) is 0 Å².